The van der Waals surface area contributed by atoms with Crippen LogP contribution in [0, 0.1) is 18.3 Å². The molecule has 3 heteroatoms. The molecule has 0 saturated carbocycles. The Hall–Kier alpha value is -1.79. The Bertz CT molecular complexity index is 417. The number of nitrogens with one attached hydrogen (secondary N) is 1. The minimum Gasteiger partial charge on any atom is -0.325 e. The van der Waals surface area contributed by atoms with Crippen LogP contribution < -0.4 is 11.1 Å². The Kier molecular flexibility index (Phi) is 4.74. The first-order valence-electron chi connectivity index (χ1n) is 5.71. The average molecular weight is 230 g/mol. The van der Waals surface area contributed by atoms with Crippen LogP contribution in [-0.2, 0) is 4.79 Å². The molecule has 1 rings (SSSR count). The van der Waals surface area contributed by atoms with E-state index in [1.165, 1.54) is 0 Å². The van der Waals surface area contributed by atoms with E-state index in [0.717, 1.165) is 12.0 Å². The predicted molar refractivity (Wildman–Crippen MR) is 70.4 cm³/mol. The average Bonchev–Trinajstić information content (AvgIpc) is 2.37. The van der Waals surface area contributed by atoms with Gasteiger partial charge in [0.05, 0.1) is 6.04 Å². The lowest BCUT2D eigenvalue weighted by molar-refractivity contribution is -0.118. The summed E-state index contributed by atoms with van der Waals surface area (Å²) in [5.74, 6) is 2.53. The van der Waals surface area contributed by atoms with E-state index in [1.807, 2.05) is 13.8 Å². The molecule has 17 heavy (non-hydrogen) atoms. The zero-order valence-electron chi connectivity index (χ0n) is 10.2. The van der Waals surface area contributed by atoms with Gasteiger partial charge in [0.2, 0.25) is 5.91 Å². The topological polar surface area (TPSA) is 55.1 Å². The van der Waals surface area contributed by atoms with Crippen LogP contribution in [0.3, 0.4) is 0 Å². The van der Waals surface area contributed by atoms with Gasteiger partial charge in [0.25, 0.3) is 0 Å². The summed E-state index contributed by atoms with van der Waals surface area (Å²) in [6.45, 7) is 3.98. The molecule has 0 aliphatic rings. The number of hydrogen-bond donors (Lipinski definition) is 2. The molecular weight excluding hydrogens is 212 g/mol. The summed E-state index contributed by atoms with van der Waals surface area (Å²) in [5.41, 5.74) is 7.33. The van der Waals surface area contributed by atoms with Crippen molar-refractivity contribution in [3.05, 3.63) is 29.8 Å². The first kappa shape index (κ1) is 13.3. The van der Waals surface area contributed by atoms with Crippen molar-refractivity contribution in [2.75, 3.05) is 5.32 Å². The molecule has 0 fully saturated rings. The van der Waals surface area contributed by atoms with Crippen LogP contribution in [0.5, 0.6) is 0 Å². The maximum Gasteiger partial charge on any atom is 0.241 e. The zero-order valence-corrected chi connectivity index (χ0v) is 10.2. The van der Waals surface area contributed by atoms with E-state index in [9.17, 15) is 4.79 Å². The molecule has 0 saturated heterocycles. The number of carbonyl (C=O) groups is 1. The van der Waals surface area contributed by atoms with Crippen LogP contribution in [0.25, 0.3) is 0 Å². The van der Waals surface area contributed by atoms with Gasteiger partial charge in [0.1, 0.15) is 0 Å². The molecule has 0 radical (unpaired) electrons. The van der Waals surface area contributed by atoms with E-state index >= 15 is 0 Å². The molecule has 1 aromatic rings. The highest BCUT2D eigenvalue weighted by Crippen LogP contribution is 2.11. The number of benzene rings is 1. The Morgan fingerprint density at radius 3 is 2.53 bits per heavy atom. The summed E-state index contributed by atoms with van der Waals surface area (Å²) in [6, 6.07) is 6.63. The number of amides is 1. The van der Waals surface area contributed by atoms with Gasteiger partial charge in [-0.05, 0) is 30.2 Å². The van der Waals surface area contributed by atoms with E-state index in [1.54, 1.807) is 24.3 Å². The fourth-order valence-corrected chi connectivity index (χ4v) is 1.39. The van der Waals surface area contributed by atoms with E-state index in [4.69, 9.17) is 12.2 Å². The first-order chi connectivity index (χ1) is 8.08. The van der Waals surface area contributed by atoms with Gasteiger partial charge in [-0.25, -0.2) is 0 Å². The minimum atomic E-state index is -0.479. The van der Waals surface area contributed by atoms with Crippen LogP contribution in [0.2, 0.25) is 0 Å². The van der Waals surface area contributed by atoms with Crippen LogP contribution in [-0.4, -0.2) is 11.9 Å². The molecule has 90 valence electrons. The van der Waals surface area contributed by atoms with Gasteiger partial charge in [-0.1, -0.05) is 26.2 Å². The third kappa shape index (κ3) is 3.61. The lowest BCUT2D eigenvalue weighted by atomic mass is 9.99. The largest absolute Gasteiger partial charge is 0.325 e. The minimum absolute atomic E-state index is 0.159. The Morgan fingerprint density at radius 2 is 2.06 bits per heavy atom. The molecule has 0 aliphatic carbocycles. The Labute approximate surface area is 102 Å². The number of rotatable bonds is 4. The van der Waals surface area contributed by atoms with Gasteiger partial charge in [0, 0.05) is 11.3 Å². The lowest BCUT2D eigenvalue weighted by Gasteiger charge is -2.17. The molecule has 0 aliphatic heterocycles. The zero-order chi connectivity index (χ0) is 12.8. The molecule has 1 unspecified atom stereocenters. The third-order valence-electron chi connectivity index (χ3n) is 2.88. The predicted octanol–water partition coefficient (Wildman–Crippen LogP) is 1.98. The number of anilines is 1. The number of terminal acetylenes is 1. The highest BCUT2D eigenvalue weighted by molar-refractivity contribution is 5.94. The monoisotopic (exact) mass is 230 g/mol. The van der Waals surface area contributed by atoms with Gasteiger partial charge >= 0.3 is 0 Å². The van der Waals surface area contributed by atoms with Gasteiger partial charge in [-0.2, -0.15) is 0 Å². The molecule has 0 aromatic heterocycles. The van der Waals surface area contributed by atoms with Crippen LogP contribution in [0.1, 0.15) is 25.8 Å². The highest BCUT2D eigenvalue weighted by atomic mass is 16.2. The third-order valence-corrected chi connectivity index (χ3v) is 2.88. The number of hydrogen-bond acceptors (Lipinski definition) is 2. The summed E-state index contributed by atoms with van der Waals surface area (Å²) >= 11 is 0. The summed E-state index contributed by atoms with van der Waals surface area (Å²) in [5, 5.41) is 2.78. The molecule has 3 N–H and O–H groups in total. The van der Waals surface area contributed by atoms with E-state index in [-0.39, 0.29) is 11.8 Å². The van der Waals surface area contributed by atoms with E-state index < -0.39 is 6.04 Å². The fourth-order valence-electron chi connectivity index (χ4n) is 1.39. The molecule has 1 aromatic carbocycles. The highest BCUT2D eigenvalue weighted by Gasteiger charge is 2.19. The van der Waals surface area contributed by atoms with Crippen molar-refractivity contribution in [2.45, 2.75) is 26.3 Å². The van der Waals surface area contributed by atoms with Gasteiger partial charge in [-0.15, -0.1) is 6.42 Å². The second-order valence-electron chi connectivity index (χ2n) is 4.12. The summed E-state index contributed by atoms with van der Waals surface area (Å²) in [7, 11) is 0. The summed E-state index contributed by atoms with van der Waals surface area (Å²) < 4.78 is 0. The Morgan fingerprint density at radius 1 is 1.47 bits per heavy atom. The van der Waals surface area contributed by atoms with Gasteiger partial charge in [-0.3, -0.25) is 4.79 Å². The second-order valence-corrected chi connectivity index (χ2v) is 4.12. The lowest BCUT2D eigenvalue weighted by Crippen LogP contribution is -2.40. The fraction of sp³-hybridized carbons (Fsp3) is 0.357. The Balaban J connectivity index is 2.65. The van der Waals surface area contributed by atoms with Crippen molar-refractivity contribution < 1.29 is 4.79 Å². The number of carbonyl (C=O) groups excluding carboxylic acids is 1. The molecule has 3 nitrogen and oxygen atoms in total. The van der Waals surface area contributed by atoms with Crippen molar-refractivity contribution >= 4 is 11.6 Å². The van der Waals surface area contributed by atoms with Crippen LogP contribution in [0.4, 0.5) is 5.69 Å². The van der Waals surface area contributed by atoms with Crippen LogP contribution >= 0.6 is 0 Å². The van der Waals surface area contributed by atoms with Gasteiger partial charge < -0.3 is 11.1 Å². The molecule has 0 bridgehead atoms. The van der Waals surface area contributed by atoms with Gasteiger partial charge in [0.15, 0.2) is 0 Å². The standard InChI is InChI=1S/C14H18N2O/c1-4-10(3)13(15)14(17)16-12-8-6-11(5-2)7-9-12/h2,6-10,13H,4,15H2,1,3H3,(H,16,17)/t10?,13-/m0/s1. The second kappa shape index (κ2) is 6.07. The maximum absolute atomic E-state index is 11.8. The SMILES string of the molecule is C#Cc1ccc(NC(=O)[C@@H](N)C(C)CC)cc1. The van der Waals surface area contributed by atoms with E-state index in [0.29, 0.717) is 5.69 Å². The molecular formula is C14H18N2O. The molecule has 0 heterocycles. The van der Waals surface area contributed by atoms with Crippen molar-refractivity contribution in [2.24, 2.45) is 11.7 Å². The van der Waals surface area contributed by atoms with Crippen LogP contribution in [0.15, 0.2) is 24.3 Å². The van der Waals surface area contributed by atoms with Crippen molar-refractivity contribution in [3.63, 3.8) is 0 Å². The van der Waals surface area contributed by atoms with E-state index in [2.05, 4.69) is 11.2 Å². The molecule has 2 atom stereocenters. The maximum atomic E-state index is 11.8. The quantitative estimate of drug-likeness (QED) is 0.777. The number of nitrogens with two attached hydrogens (primary N) is 1. The smallest absolute Gasteiger partial charge is 0.241 e. The summed E-state index contributed by atoms with van der Waals surface area (Å²) in [4.78, 5) is 11.8. The van der Waals surface area contributed by atoms with Crippen molar-refractivity contribution in [3.8, 4) is 12.3 Å². The normalized spacial score (nSPS) is 13.5. The molecule has 1 amide bonds. The van der Waals surface area contributed by atoms with Crippen molar-refractivity contribution in [1.82, 2.24) is 0 Å². The first-order valence-corrected chi connectivity index (χ1v) is 5.71. The van der Waals surface area contributed by atoms with Crippen molar-refractivity contribution in [1.29, 1.82) is 0 Å². The molecule has 0 spiro atoms. The summed E-state index contributed by atoms with van der Waals surface area (Å²) in [6.07, 6.45) is 6.13.